The molecule has 5 heteroatoms. The van der Waals surface area contributed by atoms with E-state index >= 15 is 0 Å². The van der Waals surface area contributed by atoms with Gasteiger partial charge in [0.1, 0.15) is 5.69 Å². The highest BCUT2D eigenvalue weighted by atomic mass is 127. The van der Waals surface area contributed by atoms with Crippen molar-refractivity contribution in [3.8, 4) is 0 Å². The van der Waals surface area contributed by atoms with Crippen molar-refractivity contribution in [2.45, 2.75) is 19.8 Å². The summed E-state index contributed by atoms with van der Waals surface area (Å²) in [4.78, 5) is 0. The predicted octanol–water partition coefficient (Wildman–Crippen LogP) is 2.24. The third kappa shape index (κ3) is 2.68. The number of aromatic nitrogens is 2. The van der Waals surface area contributed by atoms with Crippen LogP contribution >= 0.6 is 23.0 Å². The number of aryl methyl sites for hydroxylation is 1. The van der Waals surface area contributed by atoms with Gasteiger partial charge < -0.3 is 3.17 Å². The molecule has 1 aromatic rings. The summed E-state index contributed by atoms with van der Waals surface area (Å²) in [7, 11) is 1.90. The van der Waals surface area contributed by atoms with E-state index in [1.165, 1.54) is 5.56 Å². The Morgan fingerprint density at radius 1 is 1.69 bits per heavy atom. The summed E-state index contributed by atoms with van der Waals surface area (Å²) in [6, 6.07) is 0. The van der Waals surface area contributed by atoms with Crippen LogP contribution in [0.15, 0.2) is 11.4 Å². The molecule has 0 radical (unpaired) electrons. The predicted molar refractivity (Wildman–Crippen MR) is 60.0 cm³/mol. The highest BCUT2D eigenvalue weighted by Gasteiger charge is 2.08. The molecule has 0 saturated heterocycles. The number of hydrogen-bond acceptors (Lipinski definition) is 3. The second-order valence-corrected chi connectivity index (χ2v) is 3.50. The average Bonchev–Trinajstić information content (AvgIpc) is 2.43. The van der Waals surface area contributed by atoms with Gasteiger partial charge in [-0.1, -0.05) is 19.0 Å². The van der Waals surface area contributed by atoms with Gasteiger partial charge in [0.25, 0.3) is 0 Å². The number of hydrogen-bond donors (Lipinski definition) is 0. The Balaban J connectivity index is 2.97. The van der Waals surface area contributed by atoms with Crippen molar-refractivity contribution in [1.29, 1.82) is 0 Å². The Bertz CT molecular complexity index is 306. The molecular weight excluding hydrogens is 281 g/mol. The minimum Gasteiger partial charge on any atom is -0.327 e. The zero-order valence-corrected chi connectivity index (χ0v) is 10.0. The van der Waals surface area contributed by atoms with Crippen molar-refractivity contribution in [3.63, 3.8) is 0 Å². The molecule has 0 amide bonds. The fraction of sp³-hybridized carbons (Fsp3) is 0.500. The first-order valence-electron chi connectivity index (χ1n) is 3.99. The molecule has 4 nitrogen and oxygen atoms in total. The first-order valence-corrected chi connectivity index (χ1v) is 4.88. The summed E-state index contributed by atoms with van der Waals surface area (Å²) in [6.45, 7) is 4.25. The normalized spacial score (nSPS) is 11.5. The van der Waals surface area contributed by atoms with Crippen molar-refractivity contribution in [1.82, 2.24) is 9.78 Å². The molecule has 0 aromatic carbocycles. The first-order chi connectivity index (χ1) is 6.15. The van der Waals surface area contributed by atoms with Crippen molar-refractivity contribution in [2.24, 2.45) is 12.2 Å². The standard InChI is InChI=1S/C8H12IN3O/c1-6(2)7-5-12(3)11-8(7)4-10-13-9/h4-6H,1-3H3/b10-4+. The number of oxime groups is 1. The van der Waals surface area contributed by atoms with E-state index in [-0.39, 0.29) is 0 Å². The zero-order valence-electron chi connectivity index (χ0n) is 7.86. The maximum Gasteiger partial charge on any atom is 0.230 e. The van der Waals surface area contributed by atoms with Crippen LogP contribution in [0.1, 0.15) is 31.0 Å². The van der Waals surface area contributed by atoms with Crippen molar-refractivity contribution >= 4 is 29.2 Å². The molecule has 0 N–H and O–H groups in total. The monoisotopic (exact) mass is 293 g/mol. The van der Waals surface area contributed by atoms with Crippen LogP contribution in [0.4, 0.5) is 0 Å². The minimum absolute atomic E-state index is 0.448. The summed E-state index contributed by atoms with van der Waals surface area (Å²) in [5.74, 6) is 0.448. The van der Waals surface area contributed by atoms with Crippen LogP contribution in [0.3, 0.4) is 0 Å². The Morgan fingerprint density at radius 3 is 2.92 bits per heavy atom. The van der Waals surface area contributed by atoms with E-state index in [2.05, 4.69) is 27.3 Å². The molecule has 1 aromatic heterocycles. The lowest BCUT2D eigenvalue weighted by molar-refractivity contribution is 0.467. The quantitative estimate of drug-likeness (QED) is 0.487. The lowest BCUT2D eigenvalue weighted by Gasteiger charge is -1.99. The van der Waals surface area contributed by atoms with Gasteiger partial charge >= 0.3 is 0 Å². The van der Waals surface area contributed by atoms with Crippen molar-refractivity contribution in [2.75, 3.05) is 0 Å². The molecule has 72 valence electrons. The fourth-order valence-corrected chi connectivity index (χ4v) is 1.25. The third-order valence-electron chi connectivity index (χ3n) is 1.72. The molecule has 0 aliphatic carbocycles. The van der Waals surface area contributed by atoms with Gasteiger partial charge in [0.2, 0.25) is 23.0 Å². The maximum absolute atomic E-state index is 4.58. The summed E-state index contributed by atoms with van der Waals surface area (Å²) < 4.78 is 6.36. The Labute approximate surface area is 91.6 Å². The van der Waals surface area contributed by atoms with Gasteiger partial charge in [0, 0.05) is 18.8 Å². The maximum atomic E-state index is 4.58. The lowest BCUT2D eigenvalue weighted by atomic mass is 10.1. The van der Waals surface area contributed by atoms with Crippen LogP contribution in [-0.4, -0.2) is 16.0 Å². The van der Waals surface area contributed by atoms with E-state index in [4.69, 9.17) is 0 Å². The third-order valence-corrected chi connectivity index (χ3v) is 1.95. The summed E-state index contributed by atoms with van der Waals surface area (Å²) in [5, 5.41) is 7.94. The molecule has 0 saturated carbocycles. The molecule has 1 rings (SSSR count). The second kappa shape index (κ2) is 4.59. The SMILES string of the molecule is CC(C)c1cn(C)nc1/C=N/OI. The highest BCUT2D eigenvalue weighted by molar-refractivity contribution is 14.1. The highest BCUT2D eigenvalue weighted by Crippen LogP contribution is 2.16. The largest absolute Gasteiger partial charge is 0.327 e. The average molecular weight is 293 g/mol. The summed E-state index contributed by atoms with van der Waals surface area (Å²) in [6.07, 6.45) is 3.63. The molecular formula is C8H12IN3O. The molecule has 0 bridgehead atoms. The Hall–Kier alpha value is -0.590. The fourth-order valence-electron chi connectivity index (χ4n) is 1.14. The number of nitrogens with zero attached hydrogens (tertiary/aromatic N) is 3. The topological polar surface area (TPSA) is 39.4 Å². The van der Waals surface area contributed by atoms with Crippen LogP contribution in [0.2, 0.25) is 0 Å². The van der Waals surface area contributed by atoms with Gasteiger partial charge in [0.05, 0.1) is 6.21 Å². The van der Waals surface area contributed by atoms with E-state index in [9.17, 15) is 0 Å². The zero-order chi connectivity index (χ0) is 9.84. The molecule has 1 heterocycles. The van der Waals surface area contributed by atoms with Gasteiger partial charge in [-0.15, -0.1) is 0 Å². The van der Waals surface area contributed by atoms with Crippen LogP contribution in [0.25, 0.3) is 0 Å². The summed E-state index contributed by atoms with van der Waals surface area (Å²) in [5.41, 5.74) is 2.05. The number of rotatable bonds is 3. The molecule has 0 fully saturated rings. The Morgan fingerprint density at radius 2 is 2.38 bits per heavy atom. The van der Waals surface area contributed by atoms with E-state index in [0.717, 1.165) is 5.69 Å². The molecule has 0 aliphatic rings. The van der Waals surface area contributed by atoms with Crippen molar-refractivity contribution in [3.05, 3.63) is 17.5 Å². The second-order valence-electron chi connectivity index (χ2n) is 3.10. The first kappa shape index (κ1) is 10.5. The molecule has 0 spiro atoms. The van der Waals surface area contributed by atoms with E-state index in [0.29, 0.717) is 5.92 Å². The van der Waals surface area contributed by atoms with Gasteiger partial charge in [-0.05, 0) is 5.92 Å². The van der Waals surface area contributed by atoms with Crippen LogP contribution in [0.5, 0.6) is 0 Å². The van der Waals surface area contributed by atoms with Crippen LogP contribution < -0.4 is 0 Å². The Kier molecular flexibility index (Phi) is 3.71. The van der Waals surface area contributed by atoms with Crippen LogP contribution in [-0.2, 0) is 10.2 Å². The minimum atomic E-state index is 0.448. The smallest absolute Gasteiger partial charge is 0.230 e. The van der Waals surface area contributed by atoms with E-state index in [1.54, 1.807) is 33.9 Å². The van der Waals surface area contributed by atoms with E-state index in [1.807, 2.05) is 13.2 Å². The molecule has 0 aliphatic heterocycles. The summed E-state index contributed by atoms with van der Waals surface area (Å²) >= 11 is 1.72. The van der Waals surface area contributed by atoms with Gasteiger partial charge in [-0.25, -0.2) is 0 Å². The number of halogens is 1. The van der Waals surface area contributed by atoms with Crippen LogP contribution in [0, 0.1) is 0 Å². The van der Waals surface area contributed by atoms with E-state index < -0.39 is 0 Å². The van der Waals surface area contributed by atoms with Gasteiger partial charge in [-0.3, -0.25) is 4.68 Å². The molecule has 0 unspecified atom stereocenters. The lowest BCUT2D eigenvalue weighted by Crippen LogP contribution is -1.92. The van der Waals surface area contributed by atoms with Gasteiger partial charge in [0.15, 0.2) is 0 Å². The molecule has 0 atom stereocenters. The van der Waals surface area contributed by atoms with Gasteiger partial charge in [-0.2, -0.15) is 5.10 Å². The molecule has 13 heavy (non-hydrogen) atoms. The van der Waals surface area contributed by atoms with Crippen molar-refractivity contribution < 1.29 is 3.17 Å².